The van der Waals surface area contributed by atoms with Crippen LogP contribution in [0.1, 0.15) is 53.9 Å². The standard InChI is InChI=1S/C15H23N3S/c1-6-13-7-8-15(19-13)11(3)17-10(2)14-9-16-18(5)12(14)4/h7-11,17H,6H2,1-5H3. The van der Waals surface area contributed by atoms with E-state index in [4.69, 9.17) is 0 Å². The second-order valence-corrected chi connectivity index (χ2v) is 6.28. The molecule has 2 atom stereocenters. The van der Waals surface area contributed by atoms with Gasteiger partial charge < -0.3 is 5.32 Å². The maximum absolute atomic E-state index is 4.31. The van der Waals surface area contributed by atoms with E-state index < -0.39 is 0 Å². The second-order valence-electron chi connectivity index (χ2n) is 5.08. The second kappa shape index (κ2) is 5.88. The highest BCUT2D eigenvalue weighted by Gasteiger charge is 2.16. The predicted molar refractivity (Wildman–Crippen MR) is 81.6 cm³/mol. The number of hydrogen-bond acceptors (Lipinski definition) is 3. The topological polar surface area (TPSA) is 29.9 Å². The molecule has 2 unspecified atom stereocenters. The monoisotopic (exact) mass is 277 g/mol. The summed E-state index contributed by atoms with van der Waals surface area (Å²) in [5, 5.41) is 7.97. The average molecular weight is 277 g/mol. The lowest BCUT2D eigenvalue weighted by Gasteiger charge is -2.19. The minimum Gasteiger partial charge on any atom is -0.303 e. The predicted octanol–water partition coefficient (Wildman–Crippen LogP) is 3.76. The van der Waals surface area contributed by atoms with E-state index in [1.807, 2.05) is 29.3 Å². The van der Waals surface area contributed by atoms with Crippen LogP contribution in [-0.4, -0.2) is 9.78 Å². The Morgan fingerprint density at radius 1 is 1.32 bits per heavy atom. The van der Waals surface area contributed by atoms with Crippen molar-refractivity contribution in [3.8, 4) is 0 Å². The normalized spacial score (nSPS) is 14.6. The first kappa shape index (κ1) is 14.3. The molecule has 3 nitrogen and oxygen atoms in total. The van der Waals surface area contributed by atoms with Crippen LogP contribution < -0.4 is 5.32 Å². The van der Waals surface area contributed by atoms with Crippen LogP contribution >= 0.6 is 11.3 Å². The van der Waals surface area contributed by atoms with Crippen molar-refractivity contribution in [3.05, 3.63) is 39.3 Å². The number of thiophene rings is 1. The Kier molecular flexibility index (Phi) is 4.42. The van der Waals surface area contributed by atoms with Gasteiger partial charge in [-0.25, -0.2) is 0 Å². The fourth-order valence-corrected chi connectivity index (χ4v) is 3.27. The van der Waals surface area contributed by atoms with Crippen LogP contribution in [0.2, 0.25) is 0 Å². The summed E-state index contributed by atoms with van der Waals surface area (Å²) < 4.78 is 1.93. The van der Waals surface area contributed by atoms with Crippen molar-refractivity contribution in [2.24, 2.45) is 7.05 Å². The van der Waals surface area contributed by atoms with E-state index in [0.29, 0.717) is 12.1 Å². The van der Waals surface area contributed by atoms with Crippen molar-refractivity contribution >= 4 is 11.3 Å². The molecule has 0 radical (unpaired) electrons. The van der Waals surface area contributed by atoms with E-state index in [1.54, 1.807) is 0 Å². The Morgan fingerprint density at radius 3 is 2.58 bits per heavy atom. The minimum absolute atomic E-state index is 0.316. The highest BCUT2D eigenvalue weighted by Crippen LogP contribution is 2.26. The zero-order valence-electron chi connectivity index (χ0n) is 12.4. The Morgan fingerprint density at radius 2 is 2.05 bits per heavy atom. The molecule has 19 heavy (non-hydrogen) atoms. The molecule has 0 saturated carbocycles. The van der Waals surface area contributed by atoms with Gasteiger partial charge in [0.25, 0.3) is 0 Å². The molecule has 2 aromatic rings. The zero-order chi connectivity index (χ0) is 14.0. The molecule has 4 heteroatoms. The van der Waals surface area contributed by atoms with Gasteiger partial charge in [-0.05, 0) is 39.3 Å². The molecule has 2 rings (SSSR count). The van der Waals surface area contributed by atoms with Crippen molar-refractivity contribution in [3.63, 3.8) is 0 Å². The van der Waals surface area contributed by atoms with Gasteiger partial charge in [0.15, 0.2) is 0 Å². The van der Waals surface area contributed by atoms with Crippen LogP contribution in [0.3, 0.4) is 0 Å². The van der Waals surface area contributed by atoms with Gasteiger partial charge in [0.2, 0.25) is 0 Å². The van der Waals surface area contributed by atoms with Crippen molar-refractivity contribution < 1.29 is 0 Å². The zero-order valence-corrected chi connectivity index (χ0v) is 13.2. The smallest absolute Gasteiger partial charge is 0.0540 e. The molecule has 0 aliphatic heterocycles. The summed E-state index contributed by atoms with van der Waals surface area (Å²) in [4.78, 5) is 2.86. The largest absolute Gasteiger partial charge is 0.303 e. The number of rotatable bonds is 5. The summed E-state index contributed by atoms with van der Waals surface area (Å²) in [6, 6.07) is 5.16. The van der Waals surface area contributed by atoms with Crippen LogP contribution in [0.25, 0.3) is 0 Å². The lowest BCUT2D eigenvalue weighted by Crippen LogP contribution is -2.22. The molecule has 0 aliphatic rings. The van der Waals surface area contributed by atoms with E-state index in [2.05, 4.69) is 50.2 Å². The quantitative estimate of drug-likeness (QED) is 0.901. The lowest BCUT2D eigenvalue weighted by molar-refractivity contribution is 0.498. The number of nitrogens with zero attached hydrogens (tertiary/aromatic N) is 2. The fraction of sp³-hybridized carbons (Fsp3) is 0.533. The Labute approximate surface area is 119 Å². The minimum atomic E-state index is 0.316. The van der Waals surface area contributed by atoms with Gasteiger partial charge in [-0.1, -0.05) is 6.92 Å². The third-order valence-corrected chi connectivity index (χ3v) is 5.11. The molecule has 0 bridgehead atoms. The van der Waals surface area contributed by atoms with Crippen LogP contribution in [0.15, 0.2) is 18.3 Å². The number of aromatic nitrogens is 2. The number of aryl methyl sites for hydroxylation is 2. The van der Waals surface area contributed by atoms with Gasteiger partial charge in [-0.3, -0.25) is 4.68 Å². The van der Waals surface area contributed by atoms with Crippen molar-refractivity contribution in [1.29, 1.82) is 0 Å². The van der Waals surface area contributed by atoms with Gasteiger partial charge in [-0.2, -0.15) is 5.10 Å². The Hall–Kier alpha value is -1.13. The summed E-state index contributed by atoms with van der Waals surface area (Å²) in [5.74, 6) is 0. The first-order valence-electron chi connectivity index (χ1n) is 6.86. The first-order chi connectivity index (χ1) is 9.02. The van der Waals surface area contributed by atoms with E-state index in [1.165, 1.54) is 21.0 Å². The molecule has 0 aromatic carbocycles. The Balaban J connectivity index is 2.06. The molecule has 2 aromatic heterocycles. The van der Waals surface area contributed by atoms with Gasteiger partial charge in [0.1, 0.15) is 0 Å². The molecule has 104 valence electrons. The summed E-state index contributed by atoms with van der Waals surface area (Å²) in [6.07, 6.45) is 3.08. The van der Waals surface area contributed by atoms with Gasteiger partial charge >= 0.3 is 0 Å². The SMILES string of the molecule is CCc1ccc(C(C)NC(C)c2cnn(C)c2C)s1. The summed E-state index contributed by atoms with van der Waals surface area (Å²) in [6.45, 7) is 8.75. The molecule has 1 N–H and O–H groups in total. The van der Waals surface area contributed by atoms with Crippen LogP contribution in [-0.2, 0) is 13.5 Å². The maximum Gasteiger partial charge on any atom is 0.0540 e. The van der Waals surface area contributed by atoms with Gasteiger partial charge in [0, 0.05) is 40.1 Å². The highest BCUT2D eigenvalue weighted by atomic mass is 32.1. The van der Waals surface area contributed by atoms with Crippen LogP contribution in [0.5, 0.6) is 0 Å². The number of hydrogen-bond donors (Lipinski definition) is 1. The first-order valence-corrected chi connectivity index (χ1v) is 7.67. The third-order valence-electron chi connectivity index (χ3n) is 3.70. The van der Waals surface area contributed by atoms with Crippen LogP contribution in [0.4, 0.5) is 0 Å². The summed E-state index contributed by atoms with van der Waals surface area (Å²) >= 11 is 1.90. The molecule has 0 saturated heterocycles. The molecule has 2 heterocycles. The highest BCUT2D eigenvalue weighted by molar-refractivity contribution is 7.12. The van der Waals surface area contributed by atoms with Crippen molar-refractivity contribution in [1.82, 2.24) is 15.1 Å². The van der Waals surface area contributed by atoms with Gasteiger partial charge in [-0.15, -0.1) is 11.3 Å². The third kappa shape index (κ3) is 3.07. The summed E-state index contributed by atoms with van der Waals surface area (Å²) in [7, 11) is 1.99. The van der Waals surface area contributed by atoms with E-state index in [0.717, 1.165) is 6.42 Å². The van der Waals surface area contributed by atoms with E-state index in [9.17, 15) is 0 Å². The number of nitrogens with one attached hydrogen (secondary N) is 1. The average Bonchev–Trinajstić information content (AvgIpc) is 2.98. The van der Waals surface area contributed by atoms with Crippen LogP contribution in [0, 0.1) is 6.92 Å². The fourth-order valence-electron chi connectivity index (χ4n) is 2.30. The molecule has 0 amide bonds. The summed E-state index contributed by atoms with van der Waals surface area (Å²) in [5.41, 5.74) is 2.51. The van der Waals surface area contributed by atoms with E-state index in [-0.39, 0.29) is 0 Å². The van der Waals surface area contributed by atoms with E-state index >= 15 is 0 Å². The lowest BCUT2D eigenvalue weighted by atomic mass is 10.1. The molecule has 0 fully saturated rings. The van der Waals surface area contributed by atoms with Crippen molar-refractivity contribution in [2.45, 2.75) is 46.2 Å². The Bertz CT molecular complexity index is 541. The molecule has 0 aliphatic carbocycles. The van der Waals surface area contributed by atoms with Crippen molar-refractivity contribution in [2.75, 3.05) is 0 Å². The maximum atomic E-state index is 4.31. The molecular weight excluding hydrogens is 254 g/mol. The molecule has 0 spiro atoms. The van der Waals surface area contributed by atoms with Gasteiger partial charge in [0.05, 0.1) is 6.20 Å². The molecular formula is C15H23N3S.